The Labute approximate surface area is 420 Å². The standard InChI is InChI=1S/C50H83N3O16P2/c1-3-5-7-8-9-10-11-12-13-14-15-16-17-18-22-25-29-33-45(54)63-37-40(66-46(55)34-30-26-23-20-19-21-24-28-32-42-41(67-42)31-27-6-4-2)38-64-70(59,60)69-71(61,62)65-39-43-47(56)48(57)49(68-43)53-36-35-44(51)52-50(53)58/h12-13,15-16,18,22,24,28,35-36,40-43,47-49,56-57H,3-11,14,17,19-21,23,25-27,29-34,37-39H2,1-2H3,(H,59,60)(H,61,62)(H2,51,52,58)/b13-12-,16-15-,22-18-,28-24-/t40-,41?,42?,43-,47-,48-,49-/m1/s1. The number of aliphatic hydroxyl groups is 2. The predicted octanol–water partition coefficient (Wildman–Crippen LogP) is 9.54. The van der Waals surface area contributed by atoms with E-state index in [4.69, 9.17) is 33.7 Å². The molecule has 0 saturated carbocycles. The number of rotatable bonds is 41. The van der Waals surface area contributed by atoms with Crippen molar-refractivity contribution in [1.82, 2.24) is 9.55 Å². The molecule has 9 atom stereocenters. The molecule has 71 heavy (non-hydrogen) atoms. The summed E-state index contributed by atoms with van der Waals surface area (Å²) in [6, 6.07) is 1.24. The molecule has 2 saturated heterocycles. The molecule has 404 valence electrons. The molecule has 4 unspecified atom stereocenters. The normalized spacial score (nSPS) is 22.4. The molecule has 0 spiro atoms. The second-order valence-electron chi connectivity index (χ2n) is 18.1. The van der Waals surface area contributed by atoms with Crippen LogP contribution in [0.2, 0.25) is 0 Å². The number of nitrogens with two attached hydrogens (primary N) is 1. The van der Waals surface area contributed by atoms with Gasteiger partial charge < -0.3 is 44.7 Å². The van der Waals surface area contributed by atoms with Crippen molar-refractivity contribution in [2.45, 2.75) is 211 Å². The number of nitrogens with zero attached hydrogens (tertiary/aromatic N) is 2. The minimum Gasteiger partial charge on any atom is -0.462 e. The van der Waals surface area contributed by atoms with E-state index in [1.54, 1.807) is 0 Å². The molecule has 2 fully saturated rings. The monoisotopic (exact) mass is 1040 g/mol. The van der Waals surface area contributed by atoms with Crippen molar-refractivity contribution in [2.24, 2.45) is 0 Å². The van der Waals surface area contributed by atoms with Crippen LogP contribution in [0.25, 0.3) is 0 Å². The minimum absolute atomic E-state index is 0.0176. The average Bonchev–Trinajstić information content (AvgIpc) is 4.02. The van der Waals surface area contributed by atoms with Gasteiger partial charge in [0.25, 0.3) is 0 Å². The Balaban J connectivity index is 1.41. The van der Waals surface area contributed by atoms with E-state index in [0.717, 1.165) is 75.0 Å². The molecule has 2 aliphatic rings. The summed E-state index contributed by atoms with van der Waals surface area (Å²) in [5.41, 5.74) is 4.58. The number of carbonyl (C=O) groups excluding carboxylic acids is 2. The van der Waals surface area contributed by atoms with E-state index in [-0.39, 0.29) is 18.7 Å². The maximum Gasteiger partial charge on any atom is 0.481 e. The van der Waals surface area contributed by atoms with Crippen molar-refractivity contribution in [3.05, 3.63) is 71.4 Å². The molecule has 1 aromatic heterocycles. The summed E-state index contributed by atoms with van der Waals surface area (Å²) in [5, 5.41) is 20.9. The quantitative estimate of drug-likeness (QED) is 0.0134. The number of aromatic nitrogens is 2. The molecule has 21 heteroatoms. The largest absolute Gasteiger partial charge is 0.481 e. The number of epoxide rings is 1. The van der Waals surface area contributed by atoms with Gasteiger partial charge in [-0.1, -0.05) is 133 Å². The van der Waals surface area contributed by atoms with Crippen molar-refractivity contribution < 1.29 is 71.0 Å². The Morgan fingerprint density at radius 2 is 1.28 bits per heavy atom. The van der Waals surface area contributed by atoms with Gasteiger partial charge in [-0.05, 0) is 76.7 Å². The Morgan fingerprint density at radius 1 is 0.704 bits per heavy atom. The molecular weight excluding hydrogens is 961 g/mol. The van der Waals surface area contributed by atoms with Crippen molar-refractivity contribution in [3.63, 3.8) is 0 Å². The Kier molecular flexibility index (Phi) is 31.2. The zero-order valence-corrected chi connectivity index (χ0v) is 43.7. The number of carbonyl (C=O) groups is 2. The highest BCUT2D eigenvalue weighted by Crippen LogP contribution is 2.60. The number of ether oxygens (including phenoxy) is 4. The SMILES string of the molecule is CCCCCCCC/C=C\C/C=C\C/C=C\CCCC(=O)OC[C@H](COP(=O)(O)OP(=O)(O)OC[C@H]1O[C@@H](n2ccc(N)nc2=O)[C@H](O)[C@@H]1O)OC(=O)CCCCCCC/C=C\CC1OC1CCCCC. The average molecular weight is 1040 g/mol. The predicted molar refractivity (Wildman–Crippen MR) is 270 cm³/mol. The third kappa shape index (κ3) is 28.1. The van der Waals surface area contributed by atoms with Gasteiger partial charge in [0.1, 0.15) is 30.7 Å². The molecule has 3 heterocycles. The molecule has 6 N–H and O–H groups in total. The van der Waals surface area contributed by atoms with Crippen LogP contribution in [-0.2, 0) is 51.0 Å². The van der Waals surface area contributed by atoms with Gasteiger partial charge >= 0.3 is 33.3 Å². The maximum atomic E-state index is 12.9. The smallest absolute Gasteiger partial charge is 0.462 e. The van der Waals surface area contributed by atoms with Gasteiger partial charge in [-0.25, -0.2) is 13.9 Å². The number of phosphoric ester groups is 2. The summed E-state index contributed by atoms with van der Waals surface area (Å²) < 4.78 is 62.5. The van der Waals surface area contributed by atoms with Crippen LogP contribution in [0.5, 0.6) is 0 Å². The molecule has 0 bridgehead atoms. The van der Waals surface area contributed by atoms with Crippen molar-refractivity contribution in [3.8, 4) is 0 Å². The first-order chi connectivity index (χ1) is 34.1. The van der Waals surface area contributed by atoms with Crippen LogP contribution in [0.4, 0.5) is 5.82 Å². The number of aliphatic hydroxyl groups excluding tert-OH is 2. The molecule has 0 amide bonds. The van der Waals surface area contributed by atoms with Gasteiger partial charge in [0.2, 0.25) is 0 Å². The molecular formula is C50H83N3O16P2. The highest BCUT2D eigenvalue weighted by Gasteiger charge is 2.46. The first-order valence-corrected chi connectivity index (χ1v) is 28.8. The summed E-state index contributed by atoms with van der Waals surface area (Å²) in [7, 11) is -10.9. The molecule has 19 nitrogen and oxygen atoms in total. The lowest BCUT2D eigenvalue weighted by atomic mass is 10.1. The van der Waals surface area contributed by atoms with Gasteiger partial charge in [-0.15, -0.1) is 0 Å². The number of hydrogen-bond acceptors (Lipinski definition) is 16. The summed E-state index contributed by atoms with van der Waals surface area (Å²) in [5.74, 6) is -1.38. The fourth-order valence-corrected chi connectivity index (χ4v) is 9.80. The van der Waals surface area contributed by atoms with E-state index in [0.29, 0.717) is 31.5 Å². The van der Waals surface area contributed by atoms with Gasteiger partial charge in [-0.3, -0.25) is 23.2 Å². The summed E-state index contributed by atoms with van der Waals surface area (Å²) in [6.45, 7) is 2.05. The van der Waals surface area contributed by atoms with E-state index < -0.39 is 83.7 Å². The Hall–Kier alpha value is -3.32. The van der Waals surface area contributed by atoms with Gasteiger partial charge in [0.05, 0.1) is 25.4 Å². The molecule has 0 radical (unpaired) electrons. The molecule has 3 rings (SSSR count). The zero-order chi connectivity index (χ0) is 51.7. The van der Waals surface area contributed by atoms with Gasteiger partial charge in [-0.2, -0.15) is 9.29 Å². The highest BCUT2D eigenvalue weighted by atomic mass is 31.3. The van der Waals surface area contributed by atoms with Crippen molar-refractivity contribution in [1.29, 1.82) is 0 Å². The Bertz CT molecular complexity index is 1950. The van der Waals surface area contributed by atoms with Gasteiger partial charge in [0, 0.05) is 19.0 Å². The number of unbranched alkanes of at least 4 members (excludes halogenated alkanes) is 14. The van der Waals surface area contributed by atoms with Crippen LogP contribution in [0.1, 0.15) is 174 Å². The topological polar surface area (TPSA) is 278 Å². The summed E-state index contributed by atoms with van der Waals surface area (Å²) in [4.78, 5) is 61.9. The number of phosphoric acid groups is 2. The summed E-state index contributed by atoms with van der Waals surface area (Å²) in [6.07, 6.45) is 33.7. The third-order valence-corrected chi connectivity index (χ3v) is 14.4. The van der Waals surface area contributed by atoms with Crippen LogP contribution in [-0.4, -0.2) is 97.9 Å². The van der Waals surface area contributed by atoms with Crippen LogP contribution < -0.4 is 11.4 Å². The van der Waals surface area contributed by atoms with Crippen LogP contribution in [0, 0.1) is 0 Å². The van der Waals surface area contributed by atoms with E-state index in [1.165, 1.54) is 63.9 Å². The maximum absolute atomic E-state index is 12.9. The van der Waals surface area contributed by atoms with Crippen molar-refractivity contribution >= 4 is 33.4 Å². The van der Waals surface area contributed by atoms with Crippen LogP contribution in [0.15, 0.2) is 65.7 Å². The van der Waals surface area contributed by atoms with Crippen molar-refractivity contribution in [2.75, 3.05) is 25.6 Å². The van der Waals surface area contributed by atoms with E-state index >= 15 is 0 Å². The molecule has 0 aliphatic carbocycles. The fourth-order valence-electron chi connectivity index (χ4n) is 7.69. The number of esters is 2. The minimum atomic E-state index is -5.44. The first-order valence-electron chi connectivity index (χ1n) is 25.8. The third-order valence-electron chi connectivity index (χ3n) is 11.8. The lowest BCUT2D eigenvalue weighted by Gasteiger charge is -2.21. The highest BCUT2D eigenvalue weighted by molar-refractivity contribution is 7.61. The summed E-state index contributed by atoms with van der Waals surface area (Å²) >= 11 is 0. The second-order valence-corrected chi connectivity index (χ2v) is 21.1. The molecule has 2 aliphatic heterocycles. The lowest BCUT2D eigenvalue weighted by molar-refractivity contribution is -0.161. The first kappa shape index (κ1) is 62.0. The number of nitrogen functional groups attached to an aromatic ring is 1. The van der Waals surface area contributed by atoms with Crippen LogP contribution in [0.3, 0.4) is 0 Å². The fraction of sp³-hybridized carbons (Fsp3) is 0.720. The van der Waals surface area contributed by atoms with Crippen LogP contribution >= 0.6 is 15.6 Å². The zero-order valence-electron chi connectivity index (χ0n) is 42.0. The number of hydrogen-bond donors (Lipinski definition) is 5. The second kappa shape index (κ2) is 35.8. The van der Waals surface area contributed by atoms with Gasteiger partial charge in [0.15, 0.2) is 12.3 Å². The number of anilines is 1. The molecule has 0 aromatic carbocycles. The van der Waals surface area contributed by atoms with E-state index in [2.05, 4.69) is 59.6 Å². The van der Waals surface area contributed by atoms with E-state index in [1.807, 2.05) is 12.2 Å². The Morgan fingerprint density at radius 3 is 1.96 bits per heavy atom. The van der Waals surface area contributed by atoms with E-state index in [9.17, 15) is 43.5 Å². The lowest BCUT2D eigenvalue weighted by Crippen LogP contribution is -2.36. The molecule has 1 aromatic rings. The number of allylic oxidation sites excluding steroid dienone is 7.